The molecule has 0 unspecified atom stereocenters. The van der Waals surface area contributed by atoms with Crippen LogP contribution < -0.4 is 15.6 Å². The maximum Gasteiger partial charge on any atom is 0.275 e. The van der Waals surface area contributed by atoms with Crippen molar-refractivity contribution in [3.63, 3.8) is 0 Å². The highest BCUT2D eigenvalue weighted by atomic mass is 32.1. The van der Waals surface area contributed by atoms with Crippen LogP contribution in [0.25, 0.3) is 4.96 Å². The van der Waals surface area contributed by atoms with Crippen LogP contribution in [0.3, 0.4) is 0 Å². The van der Waals surface area contributed by atoms with Crippen LogP contribution in [0.5, 0.6) is 5.75 Å². The Kier molecular flexibility index (Phi) is 4.88. The van der Waals surface area contributed by atoms with Crippen molar-refractivity contribution in [3.05, 3.63) is 51.9 Å². The van der Waals surface area contributed by atoms with E-state index in [0.717, 1.165) is 42.7 Å². The monoisotopic (exact) mass is 370 g/mol. The van der Waals surface area contributed by atoms with Gasteiger partial charge in [0.1, 0.15) is 5.75 Å². The molecule has 0 aliphatic heterocycles. The average Bonchev–Trinajstić information content (AvgIpc) is 3.01. The Morgan fingerprint density at radius 3 is 2.96 bits per heavy atom. The molecule has 1 aliphatic carbocycles. The van der Waals surface area contributed by atoms with Gasteiger partial charge in [-0.3, -0.25) is 4.79 Å². The maximum atomic E-state index is 12.2. The molecule has 0 bridgehead atoms. The number of nitrogens with one attached hydrogen (secondary N) is 1. The molecule has 0 saturated heterocycles. The Labute approximate surface area is 155 Å². The van der Waals surface area contributed by atoms with Crippen LogP contribution in [-0.4, -0.2) is 20.7 Å². The molecule has 1 saturated carbocycles. The van der Waals surface area contributed by atoms with Crippen LogP contribution in [0.4, 0.5) is 5.13 Å². The van der Waals surface area contributed by atoms with Crippen LogP contribution in [-0.2, 0) is 13.0 Å². The van der Waals surface area contributed by atoms with Crippen molar-refractivity contribution < 1.29 is 4.74 Å². The highest BCUT2D eigenvalue weighted by molar-refractivity contribution is 7.20. The van der Waals surface area contributed by atoms with Crippen molar-refractivity contribution in [1.29, 1.82) is 0 Å². The lowest BCUT2D eigenvalue weighted by molar-refractivity contribution is 0.119. The molecule has 1 N–H and O–H groups in total. The molecule has 1 aromatic carbocycles. The van der Waals surface area contributed by atoms with Crippen LogP contribution in [0, 0.1) is 0 Å². The smallest absolute Gasteiger partial charge is 0.275 e. The molecular formula is C19H22N4O2S. The first kappa shape index (κ1) is 17.0. The Hall–Kier alpha value is -2.41. The minimum Gasteiger partial charge on any atom is -0.490 e. The van der Waals surface area contributed by atoms with E-state index in [1.54, 1.807) is 6.07 Å². The van der Waals surface area contributed by atoms with Gasteiger partial charge in [-0.15, -0.1) is 5.10 Å². The third-order valence-corrected chi connectivity index (χ3v) is 5.42. The number of nitrogens with zero attached hydrogens (tertiary/aromatic N) is 3. The third kappa shape index (κ3) is 3.58. The van der Waals surface area contributed by atoms with Gasteiger partial charge in [-0.2, -0.15) is 4.52 Å². The van der Waals surface area contributed by atoms with Gasteiger partial charge in [0.05, 0.1) is 6.10 Å². The van der Waals surface area contributed by atoms with E-state index >= 15 is 0 Å². The number of fused-ring (bicyclic) bond motifs is 1. The molecule has 2 aromatic heterocycles. The number of benzene rings is 1. The van der Waals surface area contributed by atoms with Gasteiger partial charge in [0.15, 0.2) is 0 Å². The lowest BCUT2D eigenvalue weighted by Crippen LogP contribution is -2.25. The second-order valence-corrected chi connectivity index (χ2v) is 7.53. The number of aromatic nitrogens is 3. The standard InChI is InChI=1S/C19H22N4O2S/c1-2-6-14-11-17(24)23-19(21-14)26-18(22-23)20-12-13-7-3-4-10-16(13)25-15-8-5-9-15/h3-4,7,10-11,15H,2,5-6,8-9,12H2,1H3,(H,20,22). The topological polar surface area (TPSA) is 68.5 Å². The summed E-state index contributed by atoms with van der Waals surface area (Å²) in [6.07, 6.45) is 5.63. The molecule has 7 heteroatoms. The van der Waals surface area contributed by atoms with E-state index in [9.17, 15) is 4.79 Å². The summed E-state index contributed by atoms with van der Waals surface area (Å²) >= 11 is 1.39. The van der Waals surface area contributed by atoms with E-state index in [2.05, 4.69) is 28.4 Å². The summed E-state index contributed by atoms with van der Waals surface area (Å²) in [5.74, 6) is 0.923. The van der Waals surface area contributed by atoms with Crippen LogP contribution in [0.1, 0.15) is 43.9 Å². The molecule has 0 spiro atoms. The molecule has 3 aromatic rings. The molecule has 0 radical (unpaired) electrons. The number of para-hydroxylation sites is 1. The zero-order chi connectivity index (χ0) is 17.9. The summed E-state index contributed by atoms with van der Waals surface area (Å²) in [7, 11) is 0. The van der Waals surface area contributed by atoms with Gasteiger partial charge in [-0.05, 0) is 31.7 Å². The normalized spacial score (nSPS) is 14.3. The average molecular weight is 370 g/mol. The van der Waals surface area contributed by atoms with Gasteiger partial charge >= 0.3 is 0 Å². The van der Waals surface area contributed by atoms with Crippen molar-refractivity contribution in [3.8, 4) is 5.75 Å². The fourth-order valence-corrected chi connectivity index (χ4v) is 3.74. The molecule has 4 rings (SSSR count). The maximum absolute atomic E-state index is 12.2. The van der Waals surface area contributed by atoms with Crippen molar-refractivity contribution in [2.24, 2.45) is 0 Å². The predicted octanol–water partition coefficient (Wildman–Crippen LogP) is 3.65. The molecule has 0 atom stereocenters. The van der Waals surface area contributed by atoms with E-state index < -0.39 is 0 Å². The van der Waals surface area contributed by atoms with E-state index in [4.69, 9.17) is 4.74 Å². The molecular weight excluding hydrogens is 348 g/mol. The number of anilines is 1. The molecule has 2 heterocycles. The molecule has 0 amide bonds. The number of rotatable bonds is 7. The van der Waals surface area contributed by atoms with E-state index in [0.29, 0.717) is 22.7 Å². The van der Waals surface area contributed by atoms with Crippen molar-refractivity contribution >= 4 is 21.4 Å². The zero-order valence-electron chi connectivity index (χ0n) is 14.8. The van der Waals surface area contributed by atoms with Crippen LogP contribution in [0.15, 0.2) is 35.1 Å². The summed E-state index contributed by atoms with van der Waals surface area (Å²) in [6, 6.07) is 9.64. The predicted molar refractivity (Wildman–Crippen MR) is 103 cm³/mol. The molecule has 136 valence electrons. The van der Waals surface area contributed by atoms with Crippen molar-refractivity contribution in [2.45, 2.75) is 51.7 Å². The summed E-state index contributed by atoms with van der Waals surface area (Å²) < 4.78 is 7.43. The van der Waals surface area contributed by atoms with Crippen molar-refractivity contribution in [1.82, 2.24) is 14.6 Å². The zero-order valence-corrected chi connectivity index (χ0v) is 15.6. The largest absolute Gasteiger partial charge is 0.490 e. The van der Waals surface area contributed by atoms with E-state index in [1.807, 2.05) is 18.2 Å². The Bertz CT molecular complexity index is 962. The summed E-state index contributed by atoms with van der Waals surface area (Å²) in [6.45, 7) is 2.67. The Morgan fingerprint density at radius 2 is 2.19 bits per heavy atom. The summed E-state index contributed by atoms with van der Waals surface area (Å²) in [5, 5.41) is 8.34. The van der Waals surface area contributed by atoms with Crippen LogP contribution in [0.2, 0.25) is 0 Å². The molecule has 1 fully saturated rings. The first-order valence-electron chi connectivity index (χ1n) is 9.11. The van der Waals surface area contributed by atoms with Gasteiger partial charge in [0.25, 0.3) is 5.56 Å². The fraction of sp³-hybridized carbons (Fsp3) is 0.421. The summed E-state index contributed by atoms with van der Waals surface area (Å²) in [5.41, 5.74) is 1.79. The number of aryl methyl sites for hydroxylation is 1. The molecule has 26 heavy (non-hydrogen) atoms. The van der Waals surface area contributed by atoms with Gasteiger partial charge in [0, 0.05) is 23.9 Å². The highest BCUT2D eigenvalue weighted by Gasteiger charge is 2.20. The quantitative estimate of drug-likeness (QED) is 0.688. The first-order chi connectivity index (χ1) is 12.7. The van der Waals surface area contributed by atoms with Gasteiger partial charge in [-0.25, -0.2) is 4.98 Å². The van der Waals surface area contributed by atoms with Gasteiger partial charge < -0.3 is 10.1 Å². The highest BCUT2D eigenvalue weighted by Crippen LogP contribution is 2.28. The van der Waals surface area contributed by atoms with Gasteiger partial charge in [-0.1, -0.05) is 42.9 Å². The van der Waals surface area contributed by atoms with E-state index in [-0.39, 0.29) is 5.56 Å². The number of hydrogen-bond acceptors (Lipinski definition) is 6. The van der Waals surface area contributed by atoms with Gasteiger partial charge in [0.2, 0.25) is 10.1 Å². The SMILES string of the molecule is CCCc1cc(=O)n2nc(NCc3ccccc3OC3CCC3)sc2n1. The number of hydrogen-bond donors (Lipinski definition) is 1. The van der Waals surface area contributed by atoms with E-state index in [1.165, 1.54) is 22.3 Å². The second kappa shape index (κ2) is 7.45. The minimum atomic E-state index is -0.128. The third-order valence-electron chi connectivity index (χ3n) is 4.55. The minimum absolute atomic E-state index is 0.128. The summed E-state index contributed by atoms with van der Waals surface area (Å²) in [4.78, 5) is 17.4. The van der Waals surface area contributed by atoms with Crippen LogP contribution >= 0.6 is 11.3 Å². The molecule has 6 nitrogen and oxygen atoms in total. The molecule has 1 aliphatic rings. The second-order valence-electron chi connectivity index (χ2n) is 6.57. The Morgan fingerprint density at radius 1 is 1.35 bits per heavy atom. The van der Waals surface area contributed by atoms with Crippen molar-refractivity contribution in [2.75, 3.05) is 5.32 Å². The lowest BCUT2D eigenvalue weighted by atomic mass is 9.96. The Balaban J connectivity index is 1.51. The first-order valence-corrected chi connectivity index (χ1v) is 9.93. The lowest BCUT2D eigenvalue weighted by Gasteiger charge is -2.27. The fourth-order valence-electron chi connectivity index (χ4n) is 2.92. The number of ether oxygens (including phenoxy) is 1.